The molecule has 0 aliphatic rings. The Morgan fingerprint density at radius 2 is 2.20 bits per heavy atom. The lowest BCUT2D eigenvalue weighted by Crippen LogP contribution is -2.00. The molecule has 0 saturated heterocycles. The van der Waals surface area contributed by atoms with Gasteiger partial charge in [0.15, 0.2) is 9.84 Å². The van der Waals surface area contributed by atoms with Crippen LogP contribution in [-0.2, 0) is 15.6 Å². The fraction of sp³-hybridized carbons (Fsp3) is 0.222. The van der Waals surface area contributed by atoms with Crippen LogP contribution >= 0.6 is 22.7 Å². The number of sulfone groups is 1. The van der Waals surface area contributed by atoms with Crippen LogP contribution in [0.5, 0.6) is 0 Å². The van der Waals surface area contributed by atoms with Gasteiger partial charge in [0.25, 0.3) is 0 Å². The summed E-state index contributed by atoms with van der Waals surface area (Å²) in [7, 11) is -2.99. The summed E-state index contributed by atoms with van der Waals surface area (Å²) >= 11 is 3.09. The SMILES string of the molecule is CS(=O)(=O)Cc1csc(-c2cccs2)n1. The predicted molar refractivity (Wildman–Crippen MR) is 64.0 cm³/mol. The van der Waals surface area contributed by atoms with Gasteiger partial charge in [0, 0.05) is 11.6 Å². The van der Waals surface area contributed by atoms with Crippen LogP contribution in [0.2, 0.25) is 0 Å². The molecule has 0 aliphatic carbocycles. The zero-order chi connectivity index (χ0) is 10.9. The van der Waals surface area contributed by atoms with Crippen molar-refractivity contribution in [2.75, 3.05) is 6.26 Å². The predicted octanol–water partition coefficient (Wildman–Crippen LogP) is 2.42. The summed E-state index contributed by atoms with van der Waals surface area (Å²) in [5.41, 5.74) is 0.630. The van der Waals surface area contributed by atoms with Crippen molar-refractivity contribution in [3.05, 3.63) is 28.6 Å². The summed E-state index contributed by atoms with van der Waals surface area (Å²) in [5.74, 6) is 0.0227. The van der Waals surface area contributed by atoms with Gasteiger partial charge in [-0.05, 0) is 11.4 Å². The molecule has 6 heteroatoms. The summed E-state index contributed by atoms with van der Waals surface area (Å²) in [5, 5.41) is 4.67. The standard InChI is InChI=1S/C9H9NO2S3/c1-15(11,12)6-7-5-14-9(10-7)8-3-2-4-13-8/h2-5H,6H2,1H3. The number of nitrogens with zero attached hydrogens (tertiary/aromatic N) is 1. The summed E-state index contributed by atoms with van der Waals surface area (Å²) in [6, 6.07) is 3.94. The third-order valence-corrected chi connectivity index (χ3v) is 4.44. The second kappa shape index (κ2) is 4.03. The number of aromatic nitrogens is 1. The maximum Gasteiger partial charge on any atom is 0.153 e. The van der Waals surface area contributed by atoms with Crippen molar-refractivity contribution in [1.82, 2.24) is 4.98 Å². The third kappa shape index (κ3) is 2.87. The Kier molecular flexibility index (Phi) is 2.90. The van der Waals surface area contributed by atoms with E-state index in [-0.39, 0.29) is 5.75 Å². The first kappa shape index (κ1) is 10.8. The van der Waals surface area contributed by atoms with Crippen LogP contribution in [-0.4, -0.2) is 19.7 Å². The van der Waals surface area contributed by atoms with Crippen LogP contribution in [0, 0.1) is 0 Å². The highest BCUT2D eigenvalue weighted by atomic mass is 32.2. The molecular formula is C9H9NO2S3. The molecule has 80 valence electrons. The van der Waals surface area contributed by atoms with Crippen molar-refractivity contribution in [3.63, 3.8) is 0 Å². The smallest absolute Gasteiger partial charge is 0.153 e. The molecule has 0 amide bonds. The summed E-state index contributed by atoms with van der Waals surface area (Å²) in [4.78, 5) is 5.37. The van der Waals surface area contributed by atoms with Gasteiger partial charge in [0.2, 0.25) is 0 Å². The highest BCUT2D eigenvalue weighted by Crippen LogP contribution is 2.28. The van der Waals surface area contributed by atoms with E-state index in [2.05, 4.69) is 4.98 Å². The zero-order valence-electron chi connectivity index (χ0n) is 8.00. The monoisotopic (exact) mass is 259 g/mol. The lowest BCUT2D eigenvalue weighted by Gasteiger charge is -1.92. The highest BCUT2D eigenvalue weighted by molar-refractivity contribution is 7.89. The summed E-state index contributed by atoms with van der Waals surface area (Å²) in [6.07, 6.45) is 1.22. The van der Waals surface area contributed by atoms with Crippen LogP contribution in [0.15, 0.2) is 22.9 Å². The average molecular weight is 259 g/mol. The maximum absolute atomic E-state index is 11.1. The minimum Gasteiger partial charge on any atom is -0.239 e. The first-order chi connectivity index (χ1) is 7.04. The molecule has 0 N–H and O–H groups in total. The molecule has 15 heavy (non-hydrogen) atoms. The normalized spacial score (nSPS) is 11.8. The largest absolute Gasteiger partial charge is 0.239 e. The molecule has 0 spiro atoms. The minimum atomic E-state index is -2.99. The lowest BCUT2D eigenvalue weighted by atomic mass is 10.5. The lowest BCUT2D eigenvalue weighted by molar-refractivity contribution is 0.600. The molecule has 2 aromatic rings. The van der Waals surface area contributed by atoms with Crippen LogP contribution in [0.4, 0.5) is 0 Å². The van der Waals surface area contributed by atoms with Crippen molar-refractivity contribution in [1.29, 1.82) is 0 Å². The Hall–Kier alpha value is -0.720. The molecule has 2 rings (SSSR count). The molecule has 0 radical (unpaired) electrons. The molecule has 0 atom stereocenters. The topological polar surface area (TPSA) is 47.0 Å². The fourth-order valence-electron chi connectivity index (χ4n) is 1.16. The Morgan fingerprint density at radius 3 is 2.80 bits per heavy atom. The number of thiophene rings is 1. The van der Waals surface area contributed by atoms with Crippen molar-refractivity contribution < 1.29 is 8.42 Å². The van der Waals surface area contributed by atoms with Crippen molar-refractivity contribution in [2.24, 2.45) is 0 Å². The van der Waals surface area contributed by atoms with Crippen LogP contribution in [0.3, 0.4) is 0 Å². The molecule has 2 heterocycles. The Morgan fingerprint density at radius 1 is 1.40 bits per heavy atom. The fourth-order valence-corrected chi connectivity index (χ4v) is 3.58. The van der Waals surface area contributed by atoms with Gasteiger partial charge < -0.3 is 0 Å². The Labute approximate surface area is 96.3 Å². The highest BCUT2D eigenvalue weighted by Gasteiger charge is 2.10. The molecular weight excluding hydrogens is 250 g/mol. The molecule has 3 nitrogen and oxygen atoms in total. The van der Waals surface area contributed by atoms with E-state index in [4.69, 9.17) is 0 Å². The second-order valence-corrected chi connectivity index (χ2v) is 7.14. The minimum absolute atomic E-state index is 0.0227. The first-order valence-electron chi connectivity index (χ1n) is 4.20. The van der Waals surface area contributed by atoms with Crippen LogP contribution in [0.25, 0.3) is 9.88 Å². The van der Waals surface area contributed by atoms with E-state index in [0.29, 0.717) is 5.69 Å². The number of thiazole rings is 1. The number of hydrogen-bond donors (Lipinski definition) is 0. The Balaban J connectivity index is 2.25. The van der Waals surface area contributed by atoms with Gasteiger partial charge in [-0.25, -0.2) is 13.4 Å². The first-order valence-corrected chi connectivity index (χ1v) is 8.02. The summed E-state index contributed by atoms with van der Waals surface area (Å²) in [6.45, 7) is 0. The van der Waals surface area contributed by atoms with Crippen LogP contribution in [0.1, 0.15) is 5.69 Å². The van der Waals surface area contributed by atoms with E-state index in [9.17, 15) is 8.42 Å². The van der Waals surface area contributed by atoms with E-state index < -0.39 is 9.84 Å². The van der Waals surface area contributed by atoms with Gasteiger partial charge >= 0.3 is 0 Å². The molecule has 0 fully saturated rings. The van der Waals surface area contributed by atoms with E-state index >= 15 is 0 Å². The van der Waals surface area contributed by atoms with Gasteiger partial charge in [-0.2, -0.15) is 0 Å². The molecule has 0 bridgehead atoms. The van der Waals surface area contributed by atoms with Gasteiger partial charge in [-0.3, -0.25) is 0 Å². The molecule has 2 aromatic heterocycles. The molecule has 0 aliphatic heterocycles. The Bertz CT molecular complexity index is 540. The van der Waals surface area contributed by atoms with E-state index in [0.717, 1.165) is 9.88 Å². The maximum atomic E-state index is 11.1. The molecule has 0 aromatic carbocycles. The van der Waals surface area contributed by atoms with Gasteiger partial charge in [0.05, 0.1) is 16.3 Å². The van der Waals surface area contributed by atoms with Crippen LogP contribution < -0.4 is 0 Å². The van der Waals surface area contributed by atoms with Crippen molar-refractivity contribution in [2.45, 2.75) is 5.75 Å². The average Bonchev–Trinajstić information content (AvgIpc) is 2.68. The van der Waals surface area contributed by atoms with E-state index in [1.807, 2.05) is 17.5 Å². The van der Waals surface area contributed by atoms with Gasteiger partial charge in [-0.15, -0.1) is 22.7 Å². The second-order valence-electron chi connectivity index (χ2n) is 3.19. The third-order valence-electron chi connectivity index (χ3n) is 1.69. The number of hydrogen-bond acceptors (Lipinski definition) is 5. The van der Waals surface area contributed by atoms with Gasteiger partial charge in [-0.1, -0.05) is 6.07 Å². The molecule has 0 saturated carbocycles. The zero-order valence-corrected chi connectivity index (χ0v) is 10.5. The van der Waals surface area contributed by atoms with Gasteiger partial charge in [0.1, 0.15) is 5.01 Å². The number of rotatable bonds is 3. The quantitative estimate of drug-likeness (QED) is 0.850. The molecule has 0 unspecified atom stereocenters. The van der Waals surface area contributed by atoms with E-state index in [1.54, 1.807) is 16.7 Å². The van der Waals surface area contributed by atoms with E-state index in [1.165, 1.54) is 17.6 Å². The summed E-state index contributed by atoms with van der Waals surface area (Å²) < 4.78 is 22.1. The van der Waals surface area contributed by atoms with Crippen molar-refractivity contribution in [3.8, 4) is 9.88 Å². The van der Waals surface area contributed by atoms with Crippen molar-refractivity contribution >= 4 is 32.5 Å².